The Kier molecular flexibility index (Phi) is 6.40. The summed E-state index contributed by atoms with van der Waals surface area (Å²) in [5.41, 5.74) is -0.452. The second-order valence-corrected chi connectivity index (χ2v) is 7.99. The van der Waals surface area contributed by atoms with Crippen LogP contribution in [0.3, 0.4) is 0 Å². The van der Waals surface area contributed by atoms with Gasteiger partial charge in [0.15, 0.2) is 5.60 Å². The van der Waals surface area contributed by atoms with Crippen molar-refractivity contribution >= 4 is 5.91 Å². The summed E-state index contributed by atoms with van der Waals surface area (Å²) in [4.78, 5) is 14.8. The molecule has 150 valence electrons. The Bertz CT molecular complexity index is 645. The first kappa shape index (κ1) is 20.1. The molecule has 2 N–H and O–H groups in total. The highest BCUT2D eigenvalue weighted by Gasteiger charge is 2.44. The number of hydrogen-bond donors (Lipinski definition) is 2. The van der Waals surface area contributed by atoms with E-state index in [2.05, 4.69) is 5.32 Å². The average molecular weight is 376 g/mol. The minimum atomic E-state index is -1.35. The van der Waals surface area contributed by atoms with E-state index in [4.69, 9.17) is 9.47 Å². The van der Waals surface area contributed by atoms with Gasteiger partial charge < -0.3 is 24.8 Å². The highest BCUT2D eigenvalue weighted by atomic mass is 16.5. The van der Waals surface area contributed by atoms with Crippen LogP contribution in [-0.2, 0) is 16.1 Å². The number of carbonyl (C=O) groups excluding carboxylic acids is 1. The maximum atomic E-state index is 13.0. The standard InChI is InChI=1S/C21H32N2O4/c1-26-16-20(9-3-4-10-20)22-15-21(25)11-6-12-23(19(21)24)14-17-7-5-8-18(13-17)27-2/h5,7-8,13,22,25H,3-4,6,9-12,14-16H2,1-2H3. The average Bonchev–Trinajstić information content (AvgIpc) is 3.14. The second-order valence-electron chi connectivity index (χ2n) is 7.99. The van der Waals surface area contributed by atoms with Crippen LogP contribution < -0.4 is 10.1 Å². The molecule has 6 nitrogen and oxygen atoms in total. The number of β-amino-alcohol motifs (C(OH)–C–C–N with tert-alkyl or cyclic N) is 1. The van der Waals surface area contributed by atoms with Gasteiger partial charge in [0.2, 0.25) is 0 Å². The summed E-state index contributed by atoms with van der Waals surface area (Å²) in [6, 6.07) is 7.72. The molecule has 0 spiro atoms. The molecule has 1 aliphatic heterocycles. The van der Waals surface area contributed by atoms with Crippen LogP contribution in [0.5, 0.6) is 5.75 Å². The lowest BCUT2D eigenvalue weighted by atomic mass is 9.89. The Hall–Kier alpha value is -1.63. The predicted octanol–water partition coefficient (Wildman–Crippen LogP) is 2.10. The van der Waals surface area contributed by atoms with Crippen molar-refractivity contribution in [2.75, 3.05) is 33.9 Å². The molecule has 0 radical (unpaired) electrons. The van der Waals surface area contributed by atoms with Crippen molar-refractivity contribution < 1.29 is 19.4 Å². The van der Waals surface area contributed by atoms with E-state index < -0.39 is 5.60 Å². The maximum absolute atomic E-state index is 13.0. The summed E-state index contributed by atoms with van der Waals surface area (Å²) in [6.45, 7) is 2.05. The van der Waals surface area contributed by atoms with Crippen LogP contribution in [0, 0.1) is 0 Å². The fourth-order valence-corrected chi connectivity index (χ4v) is 4.41. The molecule has 2 aliphatic rings. The largest absolute Gasteiger partial charge is 0.497 e. The molecule has 1 unspecified atom stereocenters. The fraction of sp³-hybridized carbons (Fsp3) is 0.667. The van der Waals surface area contributed by atoms with E-state index in [9.17, 15) is 9.90 Å². The molecular weight excluding hydrogens is 344 g/mol. The molecule has 1 aromatic carbocycles. The van der Waals surface area contributed by atoms with Crippen molar-refractivity contribution in [3.05, 3.63) is 29.8 Å². The lowest BCUT2D eigenvalue weighted by Gasteiger charge is -2.41. The normalized spacial score (nSPS) is 25.0. The van der Waals surface area contributed by atoms with Gasteiger partial charge in [0.25, 0.3) is 5.91 Å². The summed E-state index contributed by atoms with van der Waals surface area (Å²) in [6.07, 6.45) is 5.66. The molecule has 6 heteroatoms. The van der Waals surface area contributed by atoms with Gasteiger partial charge in [-0.2, -0.15) is 0 Å². The highest BCUT2D eigenvalue weighted by molar-refractivity contribution is 5.86. The molecule has 3 rings (SSSR count). The zero-order valence-corrected chi connectivity index (χ0v) is 16.5. The maximum Gasteiger partial charge on any atom is 0.256 e. The number of carbonyl (C=O) groups is 1. The first-order valence-electron chi connectivity index (χ1n) is 9.89. The van der Waals surface area contributed by atoms with Crippen LogP contribution in [0.4, 0.5) is 0 Å². The van der Waals surface area contributed by atoms with Crippen LogP contribution in [0.25, 0.3) is 0 Å². The van der Waals surface area contributed by atoms with Crippen molar-refractivity contribution in [3.8, 4) is 5.75 Å². The molecule has 1 atom stereocenters. The number of ether oxygens (including phenoxy) is 2. The molecule has 0 bridgehead atoms. The number of methoxy groups -OCH3 is 2. The van der Waals surface area contributed by atoms with Gasteiger partial charge in [-0.15, -0.1) is 0 Å². The quantitative estimate of drug-likeness (QED) is 0.727. The third-order valence-corrected chi connectivity index (χ3v) is 5.95. The van der Waals surface area contributed by atoms with E-state index in [1.807, 2.05) is 24.3 Å². The summed E-state index contributed by atoms with van der Waals surface area (Å²) >= 11 is 0. The van der Waals surface area contributed by atoms with Crippen LogP contribution in [0.1, 0.15) is 44.1 Å². The molecule has 1 aliphatic carbocycles. The first-order valence-corrected chi connectivity index (χ1v) is 9.89. The van der Waals surface area contributed by atoms with Crippen LogP contribution in [-0.4, -0.2) is 61.0 Å². The third-order valence-electron chi connectivity index (χ3n) is 5.95. The van der Waals surface area contributed by atoms with Crippen molar-refractivity contribution in [2.24, 2.45) is 0 Å². The molecular formula is C21H32N2O4. The molecule has 1 amide bonds. The van der Waals surface area contributed by atoms with E-state index >= 15 is 0 Å². The zero-order valence-electron chi connectivity index (χ0n) is 16.5. The summed E-state index contributed by atoms with van der Waals surface area (Å²) in [7, 11) is 3.34. The molecule has 2 fully saturated rings. The van der Waals surface area contributed by atoms with Crippen LogP contribution >= 0.6 is 0 Å². The first-order chi connectivity index (χ1) is 13.0. The number of rotatable bonds is 8. The fourth-order valence-electron chi connectivity index (χ4n) is 4.41. The van der Waals surface area contributed by atoms with Gasteiger partial charge in [-0.05, 0) is 43.4 Å². The number of amides is 1. The second kappa shape index (κ2) is 8.59. The van der Waals surface area contributed by atoms with Crippen molar-refractivity contribution in [1.82, 2.24) is 10.2 Å². The lowest BCUT2D eigenvalue weighted by Crippen LogP contribution is -2.61. The Labute approximate surface area is 161 Å². The molecule has 1 aromatic rings. The SMILES string of the molecule is COCC1(NCC2(O)CCCN(Cc3cccc(OC)c3)C2=O)CCCC1. The van der Waals surface area contributed by atoms with E-state index in [0.717, 1.165) is 43.4 Å². The Morgan fingerprint density at radius 2 is 1.96 bits per heavy atom. The summed E-state index contributed by atoms with van der Waals surface area (Å²) < 4.78 is 10.7. The van der Waals surface area contributed by atoms with Crippen molar-refractivity contribution in [1.29, 1.82) is 0 Å². The predicted molar refractivity (Wildman–Crippen MR) is 104 cm³/mol. The number of benzene rings is 1. The van der Waals surface area contributed by atoms with E-state index in [1.54, 1.807) is 19.1 Å². The van der Waals surface area contributed by atoms with Crippen LogP contribution in [0.2, 0.25) is 0 Å². The van der Waals surface area contributed by atoms with Crippen molar-refractivity contribution in [2.45, 2.75) is 56.2 Å². The molecule has 1 saturated heterocycles. The number of nitrogens with zero attached hydrogens (tertiary/aromatic N) is 1. The third kappa shape index (κ3) is 4.62. The number of aliphatic hydroxyl groups is 1. The Morgan fingerprint density at radius 1 is 1.19 bits per heavy atom. The Balaban J connectivity index is 1.65. The van der Waals surface area contributed by atoms with E-state index in [0.29, 0.717) is 26.1 Å². The van der Waals surface area contributed by atoms with Gasteiger partial charge in [-0.25, -0.2) is 0 Å². The molecule has 1 heterocycles. The highest BCUT2D eigenvalue weighted by Crippen LogP contribution is 2.32. The van der Waals surface area contributed by atoms with Gasteiger partial charge in [-0.1, -0.05) is 25.0 Å². The van der Waals surface area contributed by atoms with E-state index in [1.165, 1.54) is 0 Å². The summed E-state index contributed by atoms with van der Waals surface area (Å²) in [5, 5.41) is 14.6. The topological polar surface area (TPSA) is 71.0 Å². The number of likely N-dealkylation sites (tertiary alicyclic amines) is 1. The smallest absolute Gasteiger partial charge is 0.256 e. The van der Waals surface area contributed by atoms with Gasteiger partial charge in [-0.3, -0.25) is 4.79 Å². The monoisotopic (exact) mass is 376 g/mol. The number of nitrogens with one attached hydrogen (secondary N) is 1. The number of hydrogen-bond acceptors (Lipinski definition) is 5. The Morgan fingerprint density at radius 3 is 2.67 bits per heavy atom. The zero-order chi connectivity index (χ0) is 19.3. The molecule has 27 heavy (non-hydrogen) atoms. The van der Waals surface area contributed by atoms with Gasteiger partial charge in [0.05, 0.1) is 13.7 Å². The molecule has 1 saturated carbocycles. The minimum Gasteiger partial charge on any atom is -0.497 e. The summed E-state index contributed by atoms with van der Waals surface area (Å²) in [5.74, 6) is 0.589. The molecule has 0 aromatic heterocycles. The lowest BCUT2D eigenvalue weighted by molar-refractivity contribution is -0.157. The minimum absolute atomic E-state index is 0.111. The van der Waals surface area contributed by atoms with E-state index in [-0.39, 0.29) is 18.0 Å². The van der Waals surface area contributed by atoms with Crippen LogP contribution in [0.15, 0.2) is 24.3 Å². The van der Waals surface area contributed by atoms with Crippen molar-refractivity contribution in [3.63, 3.8) is 0 Å². The van der Waals surface area contributed by atoms with Gasteiger partial charge in [0.1, 0.15) is 5.75 Å². The number of piperidine rings is 1. The van der Waals surface area contributed by atoms with Gasteiger partial charge >= 0.3 is 0 Å². The van der Waals surface area contributed by atoms with Gasteiger partial charge in [0, 0.05) is 32.3 Å².